The third-order valence-corrected chi connectivity index (χ3v) is 7.96. The van der Waals surface area contributed by atoms with E-state index < -0.39 is 0 Å². The molecule has 0 aliphatic carbocycles. The van der Waals surface area contributed by atoms with Crippen LogP contribution in [0.5, 0.6) is 0 Å². The van der Waals surface area contributed by atoms with Crippen LogP contribution >= 0.6 is 7.92 Å². The molecule has 21 heavy (non-hydrogen) atoms. The maximum absolute atomic E-state index is 2.39. The first kappa shape index (κ1) is 21.4. The SMILES string of the molecule is CCCCCCCCC(CCC)P(CCCC)CCCC. The highest BCUT2D eigenvalue weighted by Gasteiger charge is 2.18. The average molecular weight is 315 g/mol. The molecule has 0 amide bonds. The van der Waals surface area contributed by atoms with Gasteiger partial charge in [0.1, 0.15) is 0 Å². The van der Waals surface area contributed by atoms with Crippen molar-refractivity contribution in [3.8, 4) is 0 Å². The molecular weight excluding hydrogens is 271 g/mol. The number of unbranched alkanes of at least 4 members (excludes halogenated alkanes) is 7. The van der Waals surface area contributed by atoms with Crippen molar-refractivity contribution in [3.05, 3.63) is 0 Å². The van der Waals surface area contributed by atoms with E-state index in [-0.39, 0.29) is 0 Å². The minimum absolute atomic E-state index is 0.331. The van der Waals surface area contributed by atoms with Crippen molar-refractivity contribution in [2.24, 2.45) is 0 Å². The Bertz CT molecular complexity index is 182. The lowest BCUT2D eigenvalue weighted by atomic mass is 10.1. The van der Waals surface area contributed by atoms with Gasteiger partial charge in [-0.15, -0.1) is 7.92 Å². The summed E-state index contributed by atoms with van der Waals surface area (Å²) >= 11 is 0. The molecule has 0 nitrogen and oxygen atoms in total. The van der Waals surface area contributed by atoms with Crippen LogP contribution in [-0.4, -0.2) is 18.0 Å². The van der Waals surface area contributed by atoms with Gasteiger partial charge in [0, 0.05) is 0 Å². The zero-order valence-corrected chi connectivity index (χ0v) is 16.5. The van der Waals surface area contributed by atoms with Gasteiger partial charge in [-0.1, -0.05) is 85.5 Å². The standard InChI is InChI=1S/C20H43P/c1-5-9-12-13-14-15-17-20(16-8-4)21(18-10-6-2)19-11-7-3/h20H,5-19H2,1-4H3. The number of hydrogen-bond donors (Lipinski definition) is 0. The highest BCUT2D eigenvalue weighted by Crippen LogP contribution is 2.47. The lowest BCUT2D eigenvalue weighted by Gasteiger charge is -2.28. The van der Waals surface area contributed by atoms with Crippen LogP contribution in [0.15, 0.2) is 0 Å². The van der Waals surface area contributed by atoms with Gasteiger partial charge in [0.15, 0.2) is 0 Å². The molecule has 1 atom stereocenters. The maximum Gasteiger partial charge on any atom is -0.0209 e. The minimum atomic E-state index is 0.331. The molecule has 128 valence electrons. The minimum Gasteiger partial charge on any atom is -0.104 e. The summed E-state index contributed by atoms with van der Waals surface area (Å²) < 4.78 is 0. The second kappa shape index (κ2) is 16.8. The van der Waals surface area contributed by atoms with Crippen LogP contribution in [0.4, 0.5) is 0 Å². The Balaban J connectivity index is 4.10. The van der Waals surface area contributed by atoms with Crippen LogP contribution in [0, 0.1) is 0 Å². The van der Waals surface area contributed by atoms with Crippen LogP contribution in [0.1, 0.15) is 111 Å². The second-order valence-corrected chi connectivity index (χ2v) is 9.54. The summed E-state index contributed by atoms with van der Waals surface area (Å²) in [6.45, 7) is 9.42. The Morgan fingerprint density at radius 2 is 1.05 bits per heavy atom. The topological polar surface area (TPSA) is 0 Å². The van der Waals surface area contributed by atoms with Gasteiger partial charge in [0.25, 0.3) is 0 Å². The lowest BCUT2D eigenvalue weighted by molar-refractivity contribution is 0.565. The van der Waals surface area contributed by atoms with Crippen molar-refractivity contribution in [1.29, 1.82) is 0 Å². The molecule has 0 radical (unpaired) electrons. The van der Waals surface area contributed by atoms with Crippen molar-refractivity contribution >= 4 is 7.92 Å². The monoisotopic (exact) mass is 314 g/mol. The van der Waals surface area contributed by atoms with Crippen molar-refractivity contribution in [3.63, 3.8) is 0 Å². The summed E-state index contributed by atoms with van der Waals surface area (Å²) in [7, 11) is 0.331. The Kier molecular flexibility index (Phi) is 17.1. The van der Waals surface area contributed by atoms with E-state index in [9.17, 15) is 0 Å². The maximum atomic E-state index is 2.39. The average Bonchev–Trinajstić information content (AvgIpc) is 2.50. The van der Waals surface area contributed by atoms with Gasteiger partial charge in [-0.25, -0.2) is 0 Å². The molecule has 0 saturated carbocycles. The normalized spacial score (nSPS) is 13.0. The lowest BCUT2D eigenvalue weighted by Crippen LogP contribution is -2.10. The summed E-state index contributed by atoms with van der Waals surface area (Å²) in [5.74, 6) is 0. The van der Waals surface area contributed by atoms with Gasteiger partial charge in [-0.3, -0.25) is 0 Å². The molecule has 1 unspecified atom stereocenters. The summed E-state index contributed by atoms with van der Waals surface area (Å²) in [6, 6.07) is 0. The Labute approximate surface area is 137 Å². The molecule has 0 heterocycles. The first-order valence-corrected chi connectivity index (χ1v) is 11.8. The highest BCUT2D eigenvalue weighted by atomic mass is 31.1. The molecule has 0 fully saturated rings. The van der Waals surface area contributed by atoms with Crippen LogP contribution in [0.2, 0.25) is 0 Å². The first-order chi connectivity index (χ1) is 10.3. The molecule has 0 aliphatic heterocycles. The van der Waals surface area contributed by atoms with Crippen molar-refractivity contribution in [2.75, 3.05) is 12.3 Å². The van der Waals surface area contributed by atoms with Crippen LogP contribution in [-0.2, 0) is 0 Å². The van der Waals surface area contributed by atoms with Gasteiger partial charge in [-0.2, -0.15) is 0 Å². The fourth-order valence-electron chi connectivity index (χ4n) is 3.20. The summed E-state index contributed by atoms with van der Waals surface area (Å²) in [5, 5.41) is 0. The van der Waals surface area contributed by atoms with E-state index in [2.05, 4.69) is 27.7 Å². The quantitative estimate of drug-likeness (QED) is 0.200. The van der Waals surface area contributed by atoms with Crippen molar-refractivity contribution < 1.29 is 0 Å². The fraction of sp³-hybridized carbons (Fsp3) is 1.00. The van der Waals surface area contributed by atoms with Gasteiger partial charge in [0.2, 0.25) is 0 Å². The van der Waals surface area contributed by atoms with E-state index in [4.69, 9.17) is 0 Å². The Hall–Kier alpha value is 0.430. The fourth-order valence-corrected chi connectivity index (χ4v) is 6.77. The largest absolute Gasteiger partial charge is 0.104 e. The van der Waals surface area contributed by atoms with Gasteiger partial charge >= 0.3 is 0 Å². The van der Waals surface area contributed by atoms with E-state index in [0.29, 0.717) is 7.92 Å². The van der Waals surface area contributed by atoms with Crippen molar-refractivity contribution in [1.82, 2.24) is 0 Å². The molecule has 0 saturated heterocycles. The first-order valence-electron chi connectivity index (χ1n) is 10.0. The third kappa shape index (κ3) is 12.6. The molecular formula is C20H43P. The summed E-state index contributed by atoms with van der Waals surface area (Å²) in [4.78, 5) is 0. The van der Waals surface area contributed by atoms with E-state index in [1.807, 2.05) is 0 Å². The Morgan fingerprint density at radius 1 is 0.524 bits per heavy atom. The van der Waals surface area contributed by atoms with Gasteiger partial charge < -0.3 is 0 Å². The molecule has 0 rings (SSSR count). The van der Waals surface area contributed by atoms with Crippen LogP contribution in [0.3, 0.4) is 0 Å². The zero-order valence-electron chi connectivity index (χ0n) is 15.6. The van der Waals surface area contributed by atoms with E-state index >= 15 is 0 Å². The van der Waals surface area contributed by atoms with Gasteiger partial charge in [0.05, 0.1) is 0 Å². The molecule has 0 spiro atoms. The third-order valence-electron chi connectivity index (χ3n) is 4.63. The number of rotatable bonds is 16. The summed E-state index contributed by atoms with van der Waals surface area (Å²) in [5.41, 5.74) is 1.09. The number of hydrogen-bond acceptors (Lipinski definition) is 0. The van der Waals surface area contributed by atoms with E-state index in [1.54, 1.807) is 18.7 Å². The predicted octanol–water partition coefficient (Wildman–Crippen LogP) is 7.99. The predicted molar refractivity (Wildman–Crippen MR) is 103 cm³/mol. The van der Waals surface area contributed by atoms with Gasteiger partial charge in [-0.05, 0) is 43.7 Å². The highest BCUT2D eigenvalue weighted by molar-refractivity contribution is 7.58. The van der Waals surface area contributed by atoms with Crippen LogP contribution in [0.25, 0.3) is 0 Å². The molecule has 0 aromatic heterocycles. The molecule has 0 aromatic rings. The van der Waals surface area contributed by atoms with Crippen LogP contribution < -0.4 is 0 Å². The second-order valence-electron chi connectivity index (χ2n) is 6.74. The van der Waals surface area contributed by atoms with Crippen molar-refractivity contribution in [2.45, 2.75) is 117 Å². The molecule has 0 N–H and O–H groups in total. The smallest absolute Gasteiger partial charge is 0.0209 e. The zero-order chi connectivity index (χ0) is 15.8. The summed E-state index contributed by atoms with van der Waals surface area (Å²) in [6.07, 6.45) is 22.1. The molecule has 0 aromatic carbocycles. The molecule has 0 aliphatic rings. The van der Waals surface area contributed by atoms with E-state index in [0.717, 1.165) is 5.66 Å². The molecule has 0 bridgehead atoms. The Morgan fingerprint density at radius 3 is 1.57 bits per heavy atom. The molecule has 1 heteroatoms. The van der Waals surface area contributed by atoms with E-state index in [1.165, 1.54) is 77.0 Å².